The van der Waals surface area contributed by atoms with Crippen LogP contribution < -0.4 is 4.74 Å². The molecule has 0 radical (unpaired) electrons. The summed E-state index contributed by atoms with van der Waals surface area (Å²) in [6, 6.07) is 14.1. The molecule has 4 heteroatoms. The third-order valence-corrected chi connectivity index (χ3v) is 4.60. The minimum atomic E-state index is -0.00368. The molecule has 0 spiro atoms. The Bertz CT molecular complexity index is 868. The lowest BCUT2D eigenvalue weighted by Gasteiger charge is -2.13. The molecule has 2 aromatic carbocycles. The van der Waals surface area contributed by atoms with Crippen LogP contribution in [0, 0.1) is 0 Å². The first-order valence-corrected chi connectivity index (χ1v) is 8.62. The molecule has 24 heavy (non-hydrogen) atoms. The Balaban J connectivity index is 1.71. The fourth-order valence-corrected chi connectivity index (χ4v) is 3.16. The molecule has 1 aromatic heterocycles. The van der Waals surface area contributed by atoms with E-state index < -0.39 is 0 Å². The van der Waals surface area contributed by atoms with Crippen LogP contribution in [0.3, 0.4) is 0 Å². The van der Waals surface area contributed by atoms with E-state index in [0.29, 0.717) is 6.54 Å². The molecular formula is C20H19NO2S. The zero-order valence-electron chi connectivity index (χ0n) is 13.7. The number of ether oxygens (including phenoxy) is 1. The molecule has 1 amide bonds. The number of thiophene rings is 1. The Morgan fingerprint density at radius 1 is 1.17 bits per heavy atom. The normalized spacial score (nSPS) is 11.1. The molecular weight excluding hydrogens is 318 g/mol. The van der Waals surface area contributed by atoms with Crippen molar-refractivity contribution in [3.05, 3.63) is 70.4 Å². The van der Waals surface area contributed by atoms with E-state index in [4.69, 9.17) is 4.74 Å². The number of benzene rings is 2. The van der Waals surface area contributed by atoms with Crippen molar-refractivity contribution in [1.82, 2.24) is 4.90 Å². The van der Waals surface area contributed by atoms with Gasteiger partial charge in [0.25, 0.3) is 0 Å². The van der Waals surface area contributed by atoms with Gasteiger partial charge >= 0.3 is 0 Å². The zero-order chi connectivity index (χ0) is 16.9. The van der Waals surface area contributed by atoms with Crippen molar-refractivity contribution in [3.8, 4) is 5.75 Å². The Morgan fingerprint density at radius 3 is 2.71 bits per heavy atom. The smallest absolute Gasteiger partial charge is 0.246 e. The van der Waals surface area contributed by atoms with E-state index in [1.165, 1.54) is 0 Å². The Morgan fingerprint density at radius 2 is 1.96 bits per heavy atom. The standard InChI is InChI=1S/C20H19NO2S/c1-21(13-16-9-10-24-14-16)20(22)8-4-15-3-5-18-12-19(23-2)7-6-17(18)11-15/h3-12,14H,13H2,1-2H3/b8-4+. The number of methoxy groups -OCH3 is 1. The van der Waals surface area contributed by atoms with Gasteiger partial charge in [-0.2, -0.15) is 11.3 Å². The van der Waals surface area contributed by atoms with Crippen LogP contribution in [0.2, 0.25) is 0 Å². The molecule has 0 aliphatic heterocycles. The predicted octanol–water partition coefficient (Wildman–Crippen LogP) is 4.58. The summed E-state index contributed by atoms with van der Waals surface area (Å²) in [7, 11) is 3.48. The summed E-state index contributed by atoms with van der Waals surface area (Å²) in [5.41, 5.74) is 2.16. The van der Waals surface area contributed by atoms with Crippen molar-refractivity contribution in [2.45, 2.75) is 6.54 Å². The summed E-state index contributed by atoms with van der Waals surface area (Å²) in [5.74, 6) is 0.840. The summed E-state index contributed by atoms with van der Waals surface area (Å²) < 4.78 is 5.24. The minimum absolute atomic E-state index is 0.00368. The molecule has 0 unspecified atom stereocenters. The second-order valence-electron chi connectivity index (χ2n) is 5.63. The monoisotopic (exact) mass is 337 g/mol. The van der Waals surface area contributed by atoms with Crippen LogP contribution in [0.5, 0.6) is 5.75 Å². The molecule has 0 N–H and O–H groups in total. The highest BCUT2D eigenvalue weighted by Gasteiger charge is 2.06. The highest BCUT2D eigenvalue weighted by Crippen LogP contribution is 2.22. The number of fused-ring (bicyclic) bond motifs is 1. The van der Waals surface area contributed by atoms with Crippen molar-refractivity contribution in [1.29, 1.82) is 0 Å². The van der Waals surface area contributed by atoms with Gasteiger partial charge in [-0.25, -0.2) is 0 Å². The van der Waals surface area contributed by atoms with Crippen molar-refractivity contribution in [2.24, 2.45) is 0 Å². The Hall–Kier alpha value is -2.59. The van der Waals surface area contributed by atoms with Crippen LogP contribution in [-0.4, -0.2) is 25.0 Å². The molecule has 1 heterocycles. The SMILES string of the molecule is COc1ccc2cc(/C=C/C(=O)N(C)Cc3ccsc3)ccc2c1. The lowest BCUT2D eigenvalue weighted by atomic mass is 10.1. The van der Waals surface area contributed by atoms with Crippen LogP contribution in [0.4, 0.5) is 0 Å². The first-order chi connectivity index (χ1) is 11.7. The fourth-order valence-electron chi connectivity index (χ4n) is 2.50. The van der Waals surface area contributed by atoms with E-state index in [1.807, 2.05) is 54.9 Å². The molecule has 0 bridgehead atoms. The summed E-state index contributed by atoms with van der Waals surface area (Å²) in [6.45, 7) is 0.629. The second-order valence-corrected chi connectivity index (χ2v) is 6.41. The predicted molar refractivity (Wildman–Crippen MR) is 100 cm³/mol. The van der Waals surface area contributed by atoms with Crippen LogP contribution >= 0.6 is 11.3 Å². The maximum Gasteiger partial charge on any atom is 0.246 e. The third kappa shape index (κ3) is 3.84. The first kappa shape index (κ1) is 16.3. The maximum atomic E-state index is 12.2. The molecule has 0 atom stereocenters. The topological polar surface area (TPSA) is 29.5 Å². The molecule has 0 saturated carbocycles. The van der Waals surface area contributed by atoms with Gasteiger partial charge in [0.2, 0.25) is 5.91 Å². The molecule has 122 valence electrons. The van der Waals surface area contributed by atoms with Crippen molar-refractivity contribution < 1.29 is 9.53 Å². The quantitative estimate of drug-likeness (QED) is 0.638. The van der Waals surface area contributed by atoms with E-state index in [2.05, 4.69) is 11.4 Å². The number of carbonyl (C=O) groups is 1. The minimum Gasteiger partial charge on any atom is -0.497 e. The van der Waals surface area contributed by atoms with Crippen LogP contribution in [-0.2, 0) is 11.3 Å². The van der Waals surface area contributed by atoms with Crippen molar-refractivity contribution in [2.75, 3.05) is 14.2 Å². The van der Waals surface area contributed by atoms with Crippen molar-refractivity contribution in [3.63, 3.8) is 0 Å². The average molecular weight is 337 g/mol. The summed E-state index contributed by atoms with van der Waals surface area (Å²) in [6.07, 6.45) is 3.48. The number of nitrogens with zero attached hydrogens (tertiary/aromatic N) is 1. The number of carbonyl (C=O) groups excluding carboxylic acids is 1. The fraction of sp³-hybridized carbons (Fsp3) is 0.150. The summed E-state index contributed by atoms with van der Waals surface area (Å²) >= 11 is 1.64. The van der Waals surface area contributed by atoms with E-state index in [-0.39, 0.29) is 5.91 Å². The third-order valence-electron chi connectivity index (χ3n) is 3.87. The van der Waals surface area contributed by atoms with E-state index >= 15 is 0 Å². The van der Waals surface area contributed by atoms with Gasteiger partial charge in [0.1, 0.15) is 5.75 Å². The van der Waals surface area contributed by atoms with Crippen molar-refractivity contribution >= 4 is 34.1 Å². The highest BCUT2D eigenvalue weighted by atomic mass is 32.1. The van der Waals surface area contributed by atoms with Gasteiger partial charge in [0, 0.05) is 19.7 Å². The summed E-state index contributed by atoms with van der Waals surface area (Å²) in [4.78, 5) is 13.9. The number of hydrogen-bond acceptors (Lipinski definition) is 3. The van der Waals surface area contributed by atoms with E-state index in [9.17, 15) is 4.79 Å². The van der Waals surface area contributed by atoms with Gasteiger partial charge in [-0.1, -0.05) is 18.2 Å². The van der Waals surface area contributed by atoms with Crippen LogP contribution in [0.1, 0.15) is 11.1 Å². The molecule has 0 aliphatic rings. The molecule has 3 nitrogen and oxygen atoms in total. The Kier molecular flexibility index (Phi) is 4.96. The lowest BCUT2D eigenvalue weighted by Crippen LogP contribution is -2.23. The average Bonchev–Trinajstić information content (AvgIpc) is 3.11. The zero-order valence-corrected chi connectivity index (χ0v) is 14.5. The van der Waals surface area contributed by atoms with Gasteiger partial charge in [-0.3, -0.25) is 4.79 Å². The lowest BCUT2D eigenvalue weighted by molar-refractivity contribution is -0.125. The largest absolute Gasteiger partial charge is 0.497 e. The Labute approximate surface area is 145 Å². The van der Waals surface area contributed by atoms with Crippen LogP contribution in [0.15, 0.2) is 59.3 Å². The maximum absolute atomic E-state index is 12.2. The molecule has 3 aromatic rings. The van der Waals surface area contributed by atoms with Gasteiger partial charge in [-0.15, -0.1) is 0 Å². The summed E-state index contributed by atoms with van der Waals surface area (Å²) in [5, 5.41) is 6.32. The number of hydrogen-bond donors (Lipinski definition) is 0. The second kappa shape index (κ2) is 7.32. The molecule has 0 aliphatic carbocycles. The van der Waals surface area contributed by atoms with Gasteiger partial charge in [0.05, 0.1) is 7.11 Å². The van der Waals surface area contributed by atoms with Gasteiger partial charge in [0.15, 0.2) is 0 Å². The van der Waals surface area contributed by atoms with Crippen LogP contribution in [0.25, 0.3) is 16.8 Å². The molecule has 3 rings (SSSR count). The molecule has 0 fully saturated rings. The first-order valence-electron chi connectivity index (χ1n) is 7.68. The van der Waals surface area contributed by atoms with E-state index in [0.717, 1.165) is 27.6 Å². The van der Waals surface area contributed by atoms with E-state index in [1.54, 1.807) is 29.4 Å². The van der Waals surface area contributed by atoms with Gasteiger partial charge in [-0.05, 0) is 63.0 Å². The van der Waals surface area contributed by atoms with Gasteiger partial charge < -0.3 is 9.64 Å². The highest BCUT2D eigenvalue weighted by molar-refractivity contribution is 7.07. The number of rotatable bonds is 5. The number of likely N-dealkylation sites (N-methyl/N-ethyl adjacent to an activating group) is 1. The molecule has 0 saturated heterocycles. The number of amides is 1.